The minimum Gasteiger partial charge on any atom is -0.494 e. The lowest BCUT2D eigenvalue weighted by Gasteiger charge is -2.18. The highest BCUT2D eigenvalue weighted by Crippen LogP contribution is 2.31. The smallest absolute Gasteiger partial charge is 0.310 e. The van der Waals surface area contributed by atoms with Crippen molar-refractivity contribution in [3.05, 3.63) is 93.4 Å². The van der Waals surface area contributed by atoms with E-state index in [2.05, 4.69) is 10.1 Å². The van der Waals surface area contributed by atoms with Crippen LogP contribution in [0.15, 0.2) is 59.8 Å². The van der Waals surface area contributed by atoms with Gasteiger partial charge in [-0.25, -0.2) is 18.4 Å². The standard InChI is InChI=1S/C23H19ClF2N4O4/c1-13-10-29(12-27-13)18-4-3-17(8-20(18)33-2)34-21-9-22(24)28-30(23(21)32)19(11-31)14-5-15(25)7-16(26)6-14/h3-10,12,19,31H,11H2,1-2H3/t19-/m0/s1. The molecule has 0 saturated carbocycles. The first-order valence-corrected chi connectivity index (χ1v) is 10.4. The van der Waals surface area contributed by atoms with E-state index in [-0.39, 0.29) is 22.2 Å². The molecule has 0 aliphatic carbocycles. The van der Waals surface area contributed by atoms with E-state index in [1.54, 1.807) is 29.1 Å². The molecule has 0 aliphatic rings. The van der Waals surface area contributed by atoms with Crippen molar-refractivity contribution in [2.75, 3.05) is 13.7 Å². The lowest BCUT2D eigenvalue weighted by atomic mass is 10.1. The van der Waals surface area contributed by atoms with Crippen molar-refractivity contribution >= 4 is 11.6 Å². The highest BCUT2D eigenvalue weighted by molar-refractivity contribution is 6.29. The minimum atomic E-state index is -1.19. The molecule has 34 heavy (non-hydrogen) atoms. The molecule has 1 N–H and O–H groups in total. The van der Waals surface area contributed by atoms with Gasteiger partial charge >= 0.3 is 5.56 Å². The van der Waals surface area contributed by atoms with Gasteiger partial charge in [0.25, 0.3) is 0 Å². The van der Waals surface area contributed by atoms with Crippen LogP contribution in [0.2, 0.25) is 5.15 Å². The lowest BCUT2D eigenvalue weighted by Crippen LogP contribution is -2.30. The Morgan fingerprint density at radius 2 is 1.85 bits per heavy atom. The van der Waals surface area contributed by atoms with E-state index in [0.29, 0.717) is 17.5 Å². The molecule has 0 radical (unpaired) electrons. The van der Waals surface area contributed by atoms with Crippen LogP contribution in [-0.4, -0.2) is 38.2 Å². The van der Waals surface area contributed by atoms with Crippen molar-refractivity contribution in [1.82, 2.24) is 19.3 Å². The highest BCUT2D eigenvalue weighted by atomic mass is 35.5. The number of benzene rings is 2. The van der Waals surface area contributed by atoms with Crippen molar-refractivity contribution in [1.29, 1.82) is 0 Å². The zero-order valence-electron chi connectivity index (χ0n) is 18.1. The van der Waals surface area contributed by atoms with Gasteiger partial charge in [0, 0.05) is 24.4 Å². The quantitative estimate of drug-likeness (QED) is 0.422. The summed E-state index contributed by atoms with van der Waals surface area (Å²) >= 11 is 6.09. The zero-order chi connectivity index (χ0) is 24.4. The summed E-state index contributed by atoms with van der Waals surface area (Å²) in [5, 5.41) is 13.7. The number of halogens is 3. The van der Waals surface area contributed by atoms with Gasteiger partial charge in [-0.2, -0.15) is 5.10 Å². The molecule has 2 aromatic carbocycles. The molecule has 4 rings (SSSR count). The number of aliphatic hydroxyl groups excluding tert-OH is 1. The number of rotatable bonds is 7. The van der Waals surface area contributed by atoms with Gasteiger partial charge in [-0.1, -0.05) is 11.6 Å². The van der Waals surface area contributed by atoms with Crippen LogP contribution in [0.3, 0.4) is 0 Å². The largest absolute Gasteiger partial charge is 0.494 e. The van der Waals surface area contributed by atoms with Crippen molar-refractivity contribution in [2.24, 2.45) is 0 Å². The van der Waals surface area contributed by atoms with Crippen LogP contribution in [0.4, 0.5) is 8.78 Å². The van der Waals surface area contributed by atoms with Gasteiger partial charge in [-0.15, -0.1) is 0 Å². The first kappa shape index (κ1) is 23.4. The van der Waals surface area contributed by atoms with Crippen LogP contribution in [0.25, 0.3) is 5.69 Å². The lowest BCUT2D eigenvalue weighted by molar-refractivity contribution is 0.235. The number of hydrogen-bond acceptors (Lipinski definition) is 6. The summed E-state index contributed by atoms with van der Waals surface area (Å²) in [6, 6.07) is 7.62. The van der Waals surface area contributed by atoms with Crippen molar-refractivity contribution in [3.8, 4) is 22.9 Å². The molecule has 2 aromatic heterocycles. The van der Waals surface area contributed by atoms with Gasteiger partial charge in [-0.3, -0.25) is 4.79 Å². The fraction of sp³-hybridized carbons (Fsp3) is 0.174. The maximum Gasteiger partial charge on any atom is 0.310 e. The van der Waals surface area contributed by atoms with Crippen molar-refractivity contribution in [2.45, 2.75) is 13.0 Å². The maximum absolute atomic E-state index is 13.7. The summed E-state index contributed by atoms with van der Waals surface area (Å²) in [6.45, 7) is 1.19. The summed E-state index contributed by atoms with van der Waals surface area (Å²) in [4.78, 5) is 17.3. The predicted molar refractivity (Wildman–Crippen MR) is 120 cm³/mol. The van der Waals surface area contributed by atoms with E-state index in [9.17, 15) is 18.7 Å². The topological polar surface area (TPSA) is 91.4 Å². The molecule has 0 saturated heterocycles. The number of nitrogens with zero attached hydrogens (tertiary/aromatic N) is 4. The fourth-order valence-electron chi connectivity index (χ4n) is 3.45. The number of aromatic nitrogens is 4. The van der Waals surface area contributed by atoms with Crippen LogP contribution in [-0.2, 0) is 0 Å². The van der Waals surface area contributed by atoms with Gasteiger partial charge in [0.1, 0.15) is 29.2 Å². The Balaban J connectivity index is 1.72. The van der Waals surface area contributed by atoms with Crippen LogP contribution >= 0.6 is 11.6 Å². The molecule has 0 spiro atoms. The predicted octanol–water partition coefficient (Wildman–Crippen LogP) is 4.05. The second-order valence-corrected chi connectivity index (χ2v) is 7.73. The number of methoxy groups -OCH3 is 1. The molecule has 11 heteroatoms. The number of hydrogen-bond donors (Lipinski definition) is 1. The normalized spacial score (nSPS) is 11.9. The molecule has 0 bridgehead atoms. The Labute approximate surface area is 197 Å². The van der Waals surface area contributed by atoms with Crippen molar-refractivity contribution < 1.29 is 23.4 Å². The van der Waals surface area contributed by atoms with E-state index in [1.807, 2.05) is 13.1 Å². The van der Waals surface area contributed by atoms with Gasteiger partial charge < -0.3 is 19.1 Å². The van der Waals surface area contributed by atoms with E-state index in [1.165, 1.54) is 13.2 Å². The number of ether oxygens (including phenoxy) is 2. The summed E-state index contributed by atoms with van der Waals surface area (Å²) in [5.41, 5.74) is 0.769. The van der Waals surface area contributed by atoms with Gasteiger partial charge in [0.15, 0.2) is 10.9 Å². The fourth-order valence-corrected chi connectivity index (χ4v) is 3.63. The molecule has 0 aliphatic heterocycles. The van der Waals surface area contributed by atoms with Crippen LogP contribution in [0, 0.1) is 18.6 Å². The summed E-state index contributed by atoms with van der Waals surface area (Å²) in [6.07, 6.45) is 3.46. The summed E-state index contributed by atoms with van der Waals surface area (Å²) < 4.78 is 41.2. The number of aryl methyl sites for hydroxylation is 1. The minimum absolute atomic E-state index is 0.00413. The third kappa shape index (κ3) is 4.78. The number of aliphatic hydroxyl groups is 1. The first-order valence-electron chi connectivity index (χ1n) is 10.0. The molecule has 4 aromatic rings. The third-order valence-electron chi connectivity index (χ3n) is 4.98. The number of imidazole rings is 1. The second kappa shape index (κ2) is 9.62. The average Bonchev–Trinajstić information content (AvgIpc) is 3.22. The molecular weight excluding hydrogens is 470 g/mol. The van der Waals surface area contributed by atoms with Crippen LogP contribution < -0.4 is 15.0 Å². The maximum atomic E-state index is 13.7. The third-order valence-corrected chi connectivity index (χ3v) is 5.16. The Morgan fingerprint density at radius 1 is 1.12 bits per heavy atom. The first-order chi connectivity index (χ1) is 16.3. The SMILES string of the molecule is COc1cc(Oc2cc(Cl)nn([C@@H](CO)c3cc(F)cc(F)c3)c2=O)ccc1-n1cnc(C)c1. The van der Waals surface area contributed by atoms with Gasteiger partial charge in [-0.05, 0) is 36.8 Å². The van der Waals surface area contributed by atoms with E-state index < -0.39 is 29.8 Å². The zero-order valence-corrected chi connectivity index (χ0v) is 18.8. The molecule has 0 unspecified atom stereocenters. The highest BCUT2D eigenvalue weighted by Gasteiger charge is 2.21. The molecule has 0 amide bonds. The molecule has 176 valence electrons. The molecule has 8 nitrogen and oxygen atoms in total. The Morgan fingerprint density at radius 3 is 2.47 bits per heavy atom. The second-order valence-electron chi connectivity index (χ2n) is 7.34. The van der Waals surface area contributed by atoms with Crippen LogP contribution in [0.5, 0.6) is 17.2 Å². The Hall–Kier alpha value is -3.76. The monoisotopic (exact) mass is 488 g/mol. The Kier molecular flexibility index (Phi) is 6.62. The molecule has 1 atom stereocenters. The molecule has 0 fully saturated rings. The average molecular weight is 489 g/mol. The van der Waals surface area contributed by atoms with E-state index in [4.69, 9.17) is 21.1 Å². The van der Waals surface area contributed by atoms with Crippen molar-refractivity contribution in [3.63, 3.8) is 0 Å². The summed E-state index contributed by atoms with van der Waals surface area (Å²) in [5.74, 6) is -1.20. The Bertz CT molecular complexity index is 1390. The van der Waals surface area contributed by atoms with Gasteiger partial charge in [0.05, 0.1) is 31.4 Å². The van der Waals surface area contributed by atoms with E-state index >= 15 is 0 Å². The molecule has 2 heterocycles. The van der Waals surface area contributed by atoms with Crippen LogP contribution in [0.1, 0.15) is 17.3 Å². The van der Waals surface area contributed by atoms with E-state index in [0.717, 1.165) is 22.5 Å². The summed E-state index contributed by atoms with van der Waals surface area (Å²) in [7, 11) is 1.49. The molecular formula is C23H19ClF2N4O4. The van der Waals surface area contributed by atoms with Gasteiger partial charge in [0.2, 0.25) is 0 Å².